The van der Waals surface area contributed by atoms with Gasteiger partial charge in [0.2, 0.25) is 0 Å². The van der Waals surface area contributed by atoms with Crippen molar-refractivity contribution in [1.29, 1.82) is 0 Å². The van der Waals surface area contributed by atoms with Gasteiger partial charge in [0.15, 0.2) is 28.1 Å². The molecule has 1 aliphatic heterocycles. The van der Waals surface area contributed by atoms with Crippen LogP contribution < -0.4 is 0 Å². The van der Waals surface area contributed by atoms with E-state index in [1.165, 1.54) is 6.92 Å². The van der Waals surface area contributed by atoms with Gasteiger partial charge in [-0.2, -0.15) is 0 Å². The van der Waals surface area contributed by atoms with E-state index in [2.05, 4.69) is 41.5 Å². The fraction of sp³-hybridized carbons (Fsp3) is 0.741. The van der Waals surface area contributed by atoms with E-state index in [1.54, 1.807) is 13.3 Å². The monoisotopic (exact) mass is 542 g/mol. The highest BCUT2D eigenvalue weighted by Gasteiger charge is 2.51. The lowest BCUT2D eigenvalue weighted by Gasteiger charge is -2.47. The molecule has 1 aliphatic rings. The third-order valence-electron chi connectivity index (χ3n) is 7.10. The van der Waals surface area contributed by atoms with E-state index in [1.807, 2.05) is 37.3 Å². The molecule has 0 aromatic heterocycles. The molecular weight excluding hydrogens is 495 g/mol. The van der Waals surface area contributed by atoms with Crippen molar-refractivity contribution in [2.45, 2.75) is 103 Å². The SMILES string of the molecule is CC(=O)OC1C(CO[Si](C(C)C)(C(C)C)C(C)C)OC(OP(C)(C)=O)C(C)C1OCc1ccccc1. The molecule has 1 fully saturated rings. The molecule has 1 heterocycles. The molecule has 2 rings (SSSR count). The van der Waals surface area contributed by atoms with Crippen LogP contribution in [0.15, 0.2) is 30.3 Å². The lowest BCUT2D eigenvalue weighted by molar-refractivity contribution is -0.271. The average molecular weight is 543 g/mol. The van der Waals surface area contributed by atoms with Crippen LogP contribution in [-0.2, 0) is 39.1 Å². The van der Waals surface area contributed by atoms with Gasteiger partial charge in [-0.1, -0.05) is 78.8 Å². The van der Waals surface area contributed by atoms with Crippen LogP contribution in [0.3, 0.4) is 0 Å². The third kappa shape index (κ3) is 7.99. The van der Waals surface area contributed by atoms with Gasteiger partial charge < -0.3 is 18.6 Å². The number of hydrogen-bond acceptors (Lipinski definition) is 7. The summed E-state index contributed by atoms with van der Waals surface area (Å²) in [5, 5.41) is 0. The summed E-state index contributed by atoms with van der Waals surface area (Å²) in [4.78, 5) is 12.2. The Balaban J connectivity index is 2.40. The number of benzene rings is 1. The second-order valence-electron chi connectivity index (χ2n) is 11.2. The first-order valence-corrected chi connectivity index (χ1v) is 17.7. The number of ether oxygens (including phenoxy) is 3. The summed E-state index contributed by atoms with van der Waals surface area (Å²) >= 11 is 0. The van der Waals surface area contributed by atoms with Crippen LogP contribution in [0.2, 0.25) is 16.6 Å². The molecule has 0 amide bonds. The molecule has 1 saturated heterocycles. The van der Waals surface area contributed by atoms with Crippen molar-refractivity contribution in [1.82, 2.24) is 0 Å². The Morgan fingerprint density at radius 3 is 2.03 bits per heavy atom. The first-order chi connectivity index (χ1) is 16.7. The molecule has 206 valence electrons. The van der Waals surface area contributed by atoms with Gasteiger partial charge in [0.1, 0.15) is 12.2 Å². The van der Waals surface area contributed by atoms with Crippen molar-refractivity contribution in [3.8, 4) is 0 Å². The summed E-state index contributed by atoms with van der Waals surface area (Å²) < 4.78 is 43.9. The summed E-state index contributed by atoms with van der Waals surface area (Å²) in [5.74, 6) is -0.741. The van der Waals surface area contributed by atoms with E-state index in [4.69, 9.17) is 23.2 Å². The van der Waals surface area contributed by atoms with Gasteiger partial charge in [-0.3, -0.25) is 13.9 Å². The lowest BCUT2D eigenvalue weighted by atomic mass is 9.92. The average Bonchev–Trinajstić information content (AvgIpc) is 2.75. The molecule has 0 aliphatic carbocycles. The van der Waals surface area contributed by atoms with E-state index in [-0.39, 0.29) is 12.5 Å². The normalized spacial score (nSPS) is 25.5. The van der Waals surface area contributed by atoms with Gasteiger partial charge in [0, 0.05) is 26.2 Å². The fourth-order valence-electron chi connectivity index (χ4n) is 5.62. The Labute approximate surface area is 219 Å². The minimum atomic E-state index is -2.87. The van der Waals surface area contributed by atoms with Crippen molar-refractivity contribution in [3.63, 3.8) is 0 Å². The molecule has 7 nitrogen and oxygen atoms in total. The first-order valence-electron chi connectivity index (χ1n) is 13.0. The zero-order valence-corrected chi connectivity index (χ0v) is 25.6. The van der Waals surface area contributed by atoms with E-state index in [9.17, 15) is 9.36 Å². The summed E-state index contributed by atoms with van der Waals surface area (Å²) in [7, 11) is -5.08. The highest BCUT2D eigenvalue weighted by atomic mass is 31.2. The topological polar surface area (TPSA) is 80.3 Å². The highest BCUT2D eigenvalue weighted by molar-refractivity contribution is 7.57. The standard InChI is InChI=1S/C27H47O7PSi/c1-18(2)36(19(3)4,20(5)6)31-17-24-26(32-22(8)28)25(30-16-23-14-12-11-13-15-23)21(7)27(33-24)34-35(9,10)29/h11-15,18-21,24-27H,16-17H2,1-10H3. The maximum Gasteiger partial charge on any atom is 0.303 e. The van der Waals surface area contributed by atoms with Crippen LogP contribution in [0.5, 0.6) is 0 Å². The van der Waals surface area contributed by atoms with Gasteiger partial charge in [0.05, 0.1) is 13.2 Å². The minimum absolute atomic E-state index is 0.244. The van der Waals surface area contributed by atoms with E-state index < -0.39 is 46.3 Å². The molecule has 1 aromatic rings. The Morgan fingerprint density at radius 1 is 1.00 bits per heavy atom. The van der Waals surface area contributed by atoms with Crippen LogP contribution in [0.25, 0.3) is 0 Å². The van der Waals surface area contributed by atoms with Crippen LogP contribution in [0.4, 0.5) is 0 Å². The molecule has 0 bridgehead atoms. The predicted molar refractivity (Wildman–Crippen MR) is 146 cm³/mol. The Hall–Kier alpha value is -1.02. The maximum absolute atomic E-state index is 12.6. The molecule has 0 spiro atoms. The van der Waals surface area contributed by atoms with Gasteiger partial charge in [-0.25, -0.2) is 0 Å². The van der Waals surface area contributed by atoms with E-state index >= 15 is 0 Å². The van der Waals surface area contributed by atoms with Gasteiger partial charge in [-0.15, -0.1) is 0 Å². The fourth-order valence-corrected chi connectivity index (χ4v) is 11.8. The van der Waals surface area contributed by atoms with Crippen molar-refractivity contribution in [3.05, 3.63) is 35.9 Å². The molecule has 36 heavy (non-hydrogen) atoms. The van der Waals surface area contributed by atoms with Crippen molar-refractivity contribution >= 4 is 21.7 Å². The molecule has 9 heteroatoms. The number of carbonyl (C=O) groups is 1. The maximum atomic E-state index is 12.6. The van der Waals surface area contributed by atoms with E-state index in [0.717, 1.165) is 5.56 Å². The zero-order chi connectivity index (χ0) is 27.3. The second kappa shape index (κ2) is 13.2. The quantitative estimate of drug-likeness (QED) is 0.167. The van der Waals surface area contributed by atoms with Crippen LogP contribution in [0.1, 0.15) is 61.0 Å². The summed E-state index contributed by atoms with van der Waals surface area (Å²) in [6.07, 6.45) is -2.61. The van der Waals surface area contributed by atoms with Gasteiger partial charge in [-0.05, 0) is 22.2 Å². The second-order valence-corrected chi connectivity index (χ2v) is 19.4. The van der Waals surface area contributed by atoms with Crippen molar-refractivity contribution < 1.29 is 32.5 Å². The third-order valence-corrected chi connectivity index (χ3v) is 13.9. The Morgan fingerprint density at radius 2 is 1.56 bits per heavy atom. The smallest absolute Gasteiger partial charge is 0.303 e. The number of rotatable bonds is 12. The zero-order valence-electron chi connectivity index (χ0n) is 23.7. The Bertz CT molecular complexity index is 848. The molecule has 5 unspecified atom stereocenters. The van der Waals surface area contributed by atoms with Crippen LogP contribution in [-0.4, -0.2) is 58.8 Å². The first kappa shape index (κ1) is 31.2. The highest BCUT2D eigenvalue weighted by Crippen LogP contribution is 2.46. The number of esters is 1. The minimum Gasteiger partial charge on any atom is -0.457 e. The molecule has 5 atom stereocenters. The molecule has 1 aromatic carbocycles. The van der Waals surface area contributed by atoms with Crippen molar-refractivity contribution in [2.75, 3.05) is 19.9 Å². The molecule has 0 radical (unpaired) electrons. The number of carbonyl (C=O) groups excluding carboxylic acids is 1. The molecule has 0 saturated carbocycles. The predicted octanol–water partition coefficient (Wildman–Crippen LogP) is 6.61. The summed E-state index contributed by atoms with van der Waals surface area (Å²) in [6, 6.07) is 9.83. The molecule has 0 N–H and O–H groups in total. The van der Waals surface area contributed by atoms with Gasteiger partial charge >= 0.3 is 5.97 Å². The van der Waals surface area contributed by atoms with Crippen LogP contribution >= 0.6 is 7.37 Å². The van der Waals surface area contributed by atoms with Crippen LogP contribution in [0, 0.1) is 5.92 Å². The lowest BCUT2D eigenvalue weighted by Crippen LogP contribution is -2.59. The largest absolute Gasteiger partial charge is 0.457 e. The van der Waals surface area contributed by atoms with Crippen molar-refractivity contribution in [2.24, 2.45) is 5.92 Å². The van der Waals surface area contributed by atoms with Gasteiger partial charge in [0.25, 0.3) is 0 Å². The summed E-state index contributed by atoms with van der Waals surface area (Å²) in [6.45, 7) is 20.4. The Kier molecular flexibility index (Phi) is 11.4. The number of hydrogen-bond donors (Lipinski definition) is 0. The summed E-state index contributed by atoms with van der Waals surface area (Å²) in [5.41, 5.74) is 2.16. The molecular formula is C27H47O7PSi. The van der Waals surface area contributed by atoms with E-state index in [0.29, 0.717) is 23.2 Å².